The molecule has 0 aliphatic carbocycles. The predicted molar refractivity (Wildman–Crippen MR) is 177 cm³/mol. The molecular formula is C34H40O21. The van der Waals surface area contributed by atoms with E-state index in [0.29, 0.717) is 0 Å². The summed E-state index contributed by atoms with van der Waals surface area (Å²) < 4.78 is 39.4. The monoisotopic (exact) mass is 784 g/mol. The first-order valence-electron chi connectivity index (χ1n) is 16.8. The molecule has 0 radical (unpaired) electrons. The van der Waals surface area contributed by atoms with Crippen molar-refractivity contribution in [1.29, 1.82) is 0 Å². The summed E-state index contributed by atoms with van der Waals surface area (Å²) in [6.45, 7) is 0.0284. The van der Waals surface area contributed by atoms with Gasteiger partial charge in [0, 0.05) is 23.8 Å². The zero-order chi connectivity index (χ0) is 40.0. The number of rotatable bonds is 10. The number of aromatic hydroxyl groups is 3. The number of benzene rings is 2. The van der Waals surface area contributed by atoms with Gasteiger partial charge in [-0.15, -0.1) is 0 Å². The quantitative estimate of drug-likeness (QED) is 0.0890. The van der Waals surface area contributed by atoms with Crippen LogP contribution >= 0.6 is 0 Å². The fraction of sp³-hybridized carbons (Fsp3) is 0.529. The molecule has 302 valence electrons. The van der Waals surface area contributed by atoms with Gasteiger partial charge in [0.25, 0.3) is 0 Å². The minimum absolute atomic E-state index is 0.0823. The number of phenolic OH excluding ortho intramolecular Hbond substituents is 3. The Kier molecular flexibility index (Phi) is 11.9. The maximum atomic E-state index is 13.5. The molecule has 1 aromatic heterocycles. The second-order valence-electron chi connectivity index (χ2n) is 13.4. The number of carboxylic acids is 1. The van der Waals surface area contributed by atoms with E-state index in [1.165, 1.54) is 13.0 Å². The topological polar surface area (TPSA) is 345 Å². The first kappa shape index (κ1) is 40.5. The maximum absolute atomic E-state index is 13.5. The van der Waals surface area contributed by atoms with E-state index < -0.39 is 140 Å². The first-order valence-corrected chi connectivity index (χ1v) is 16.8. The predicted octanol–water partition coefficient (Wildman–Crippen LogP) is -3.43. The fourth-order valence-electron chi connectivity index (χ4n) is 6.47. The number of carboxylic acid groups (broad SMARTS) is 1. The van der Waals surface area contributed by atoms with Crippen LogP contribution in [0.1, 0.15) is 6.92 Å². The molecule has 0 amide bonds. The summed E-state index contributed by atoms with van der Waals surface area (Å²) in [6, 6.07) is 6.72. The van der Waals surface area contributed by atoms with Gasteiger partial charge in [-0.2, -0.15) is 0 Å². The highest BCUT2D eigenvalue weighted by molar-refractivity contribution is 5.86. The van der Waals surface area contributed by atoms with Gasteiger partial charge in [0.15, 0.2) is 29.3 Å². The molecule has 4 heterocycles. The summed E-state index contributed by atoms with van der Waals surface area (Å²) in [6.07, 6.45) is -26.0. The lowest BCUT2D eigenvalue weighted by atomic mass is 9.95. The van der Waals surface area contributed by atoms with E-state index in [1.54, 1.807) is 0 Å². The molecule has 0 bridgehead atoms. The number of phenols is 3. The van der Waals surface area contributed by atoms with Crippen molar-refractivity contribution in [3.05, 3.63) is 46.6 Å². The highest BCUT2D eigenvalue weighted by atomic mass is 16.7. The molecule has 3 fully saturated rings. The second kappa shape index (κ2) is 16.1. The average Bonchev–Trinajstić information content (AvgIpc) is 3.13. The van der Waals surface area contributed by atoms with Crippen LogP contribution in [0.3, 0.4) is 0 Å². The van der Waals surface area contributed by atoms with Gasteiger partial charge in [0.1, 0.15) is 95.4 Å². The molecule has 55 heavy (non-hydrogen) atoms. The SMILES string of the molecule is C[C@@H]1O[C@@H](CO[C@@H]2[C@@H](O)[C@H](Oc3cc(O)cc4oc(-c5ccc(O)c(O)c5)cc(=O)c34)O[C@H](CO[C@@H]3O[C@H](C(=O)O)[C@@H](O)[C@H](O)[C@H]3O)[C@H]2O)[C@H](O)[C@H](O)[C@H]1O. The van der Waals surface area contributed by atoms with Crippen molar-refractivity contribution < 1.29 is 98.9 Å². The third kappa shape index (κ3) is 8.06. The summed E-state index contributed by atoms with van der Waals surface area (Å²) in [4.78, 5) is 25.0. The van der Waals surface area contributed by atoms with E-state index in [-0.39, 0.29) is 22.3 Å². The summed E-state index contributed by atoms with van der Waals surface area (Å²) in [5.74, 6) is -3.62. The molecule has 12 N–H and O–H groups in total. The molecule has 15 atom stereocenters. The Morgan fingerprint density at radius 1 is 0.691 bits per heavy atom. The Balaban J connectivity index is 1.29. The summed E-state index contributed by atoms with van der Waals surface area (Å²) in [5, 5.41) is 123. The van der Waals surface area contributed by atoms with Crippen LogP contribution in [0, 0.1) is 0 Å². The molecule has 0 saturated carbocycles. The smallest absolute Gasteiger partial charge is 0.335 e. The molecule has 0 unspecified atom stereocenters. The van der Waals surface area contributed by atoms with E-state index >= 15 is 0 Å². The zero-order valence-corrected chi connectivity index (χ0v) is 28.6. The lowest BCUT2D eigenvalue weighted by molar-refractivity contribution is -0.323. The number of ether oxygens (including phenoxy) is 6. The van der Waals surface area contributed by atoms with Gasteiger partial charge in [0.2, 0.25) is 6.29 Å². The van der Waals surface area contributed by atoms with Crippen LogP contribution in [0.5, 0.6) is 23.0 Å². The Morgan fingerprint density at radius 3 is 2.05 bits per heavy atom. The number of fused-ring (bicyclic) bond motifs is 1. The van der Waals surface area contributed by atoms with Gasteiger partial charge in [-0.3, -0.25) is 4.79 Å². The zero-order valence-electron chi connectivity index (χ0n) is 28.6. The van der Waals surface area contributed by atoms with E-state index in [9.17, 15) is 70.9 Å². The average molecular weight is 785 g/mol. The lowest BCUT2D eigenvalue weighted by Crippen LogP contribution is -2.64. The molecule has 3 saturated heterocycles. The Morgan fingerprint density at radius 2 is 1.36 bits per heavy atom. The minimum Gasteiger partial charge on any atom is -0.508 e. The van der Waals surface area contributed by atoms with Crippen molar-refractivity contribution in [2.75, 3.05) is 13.2 Å². The van der Waals surface area contributed by atoms with Gasteiger partial charge in [-0.05, 0) is 25.1 Å². The number of aliphatic carboxylic acids is 1. The number of aliphatic hydroxyl groups excluding tert-OH is 8. The van der Waals surface area contributed by atoms with Gasteiger partial charge >= 0.3 is 5.97 Å². The Hall–Kier alpha value is -4.20. The van der Waals surface area contributed by atoms with Gasteiger partial charge in [-0.1, -0.05) is 0 Å². The van der Waals surface area contributed by atoms with Crippen LogP contribution < -0.4 is 10.2 Å². The normalized spacial score (nSPS) is 36.8. The van der Waals surface area contributed by atoms with Crippen LogP contribution in [0.2, 0.25) is 0 Å². The van der Waals surface area contributed by atoms with Crippen molar-refractivity contribution in [3.63, 3.8) is 0 Å². The largest absolute Gasteiger partial charge is 0.508 e. The van der Waals surface area contributed by atoms with Crippen molar-refractivity contribution in [2.24, 2.45) is 0 Å². The molecule has 21 nitrogen and oxygen atoms in total. The van der Waals surface area contributed by atoms with Crippen LogP contribution in [0.4, 0.5) is 0 Å². The molecule has 2 aromatic carbocycles. The third-order valence-corrected chi connectivity index (χ3v) is 9.57. The van der Waals surface area contributed by atoms with Crippen molar-refractivity contribution in [3.8, 4) is 34.3 Å². The lowest BCUT2D eigenvalue weighted by Gasteiger charge is -2.44. The molecule has 3 aromatic rings. The summed E-state index contributed by atoms with van der Waals surface area (Å²) in [7, 11) is 0. The summed E-state index contributed by atoms with van der Waals surface area (Å²) >= 11 is 0. The highest BCUT2D eigenvalue weighted by Crippen LogP contribution is 2.36. The number of hydrogen-bond acceptors (Lipinski definition) is 20. The Labute approximate surface area is 308 Å². The number of aliphatic hydroxyl groups is 8. The number of hydrogen-bond donors (Lipinski definition) is 12. The van der Waals surface area contributed by atoms with Crippen molar-refractivity contribution >= 4 is 16.9 Å². The van der Waals surface area contributed by atoms with E-state index in [2.05, 4.69) is 0 Å². The second-order valence-corrected chi connectivity index (χ2v) is 13.4. The van der Waals surface area contributed by atoms with E-state index in [4.69, 9.17) is 32.8 Å². The van der Waals surface area contributed by atoms with Crippen molar-refractivity contribution in [2.45, 2.75) is 98.9 Å². The van der Waals surface area contributed by atoms with Gasteiger partial charge < -0.3 is 94.1 Å². The molecule has 21 heteroatoms. The van der Waals surface area contributed by atoms with Crippen LogP contribution in [0.25, 0.3) is 22.3 Å². The van der Waals surface area contributed by atoms with Crippen LogP contribution in [0.15, 0.2) is 45.6 Å². The van der Waals surface area contributed by atoms with Gasteiger partial charge in [0.05, 0.1) is 19.3 Å². The van der Waals surface area contributed by atoms with Gasteiger partial charge in [-0.25, -0.2) is 4.79 Å². The van der Waals surface area contributed by atoms with Crippen molar-refractivity contribution in [1.82, 2.24) is 0 Å². The maximum Gasteiger partial charge on any atom is 0.335 e. The molecule has 3 aliphatic rings. The molecule has 3 aliphatic heterocycles. The first-order chi connectivity index (χ1) is 26.0. The third-order valence-electron chi connectivity index (χ3n) is 9.57. The van der Waals surface area contributed by atoms with Crippen LogP contribution in [-0.4, -0.2) is 172 Å². The Bertz CT molecular complexity index is 1900. The van der Waals surface area contributed by atoms with Crippen LogP contribution in [-0.2, 0) is 28.5 Å². The number of carbonyl (C=O) groups is 1. The minimum atomic E-state index is -2.03. The van der Waals surface area contributed by atoms with E-state index in [0.717, 1.165) is 30.3 Å². The molecule has 0 spiro atoms. The fourth-order valence-corrected chi connectivity index (χ4v) is 6.47. The highest BCUT2D eigenvalue weighted by Gasteiger charge is 2.51. The van der Waals surface area contributed by atoms with E-state index in [1.807, 2.05) is 0 Å². The molecule has 6 rings (SSSR count). The summed E-state index contributed by atoms with van der Waals surface area (Å²) in [5.41, 5.74) is -0.805. The standard InChI is InChI=1S/C34H40O21/c1-10-22(39)25(42)23(40)19(51-10)8-49-30-24(41)20(9-50-33-28(45)26(43)27(44)31(55-33)32(47)48)54-34(29(30)46)53-18-6-12(35)5-17-21(18)15(38)7-16(52-17)11-2-3-13(36)14(37)4-11/h2-7,10,19-20,22-31,33-37,39-46H,8-9H2,1H3,(H,47,48)/t10-,19-,20+,22-,23-,24+,25+,26-,27-,28+,29+,30-,31-,33+,34+/m0/s1. The molecular weight excluding hydrogens is 744 g/mol.